The molecule has 6 nitrogen and oxygen atoms in total. The highest BCUT2D eigenvalue weighted by molar-refractivity contribution is 9.10. The molecular formula is C26H22BrN3O3S. The summed E-state index contributed by atoms with van der Waals surface area (Å²) in [5.41, 5.74) is 7.15. The highest BCUT2D eigenvalue weighted by atomic mass is 79.9. The van der Waals surface area contributed by atoms with E-state index in [1.54, 1.807) is 30.5 Å². The molecule has 0 spiro atoms. The molecule has 0 radical (unpaired) electrons. The van der Waals surface area contributed by atoms with E-state index in [2.05, 4.69) is 31.4 Å². The summed E-state index contributed by atoms with van der Waals surface area (Å²) in [5.74, 6) is 0.398. The van der Waals surface area contributed by atoms with Crippen LogP contribution in [-0.2, 0) is 0 Å². The van der Waals surface area contributed by atoms with Gasteiger partial charge in [-0.3, -0.25) is 5.43 Å². The minimum Gasteiger partial charge on any atom is -0.490 e. The van der Waals surface area contributed by atoms with Crippen molar-refractivity contribution >= 4 is 44.6 Å². The maximum atomic E-state index is 12.5. The van der Waals surface area contributed by atoms with Crippen molar-refractivity contribution in [1.82, 2.24) is 4.98 Å². The third-order valence-electron chi connectivity index (χ3n) is 4.74. The number of hydrazone groups is 1. The van der Waals surface area contributed by atoms with Crippen molar-refractivity contribution in [3.05, 3.63) is 93.3 Å². The summed E-state index contributed by atoms with van der Waals surface area (Å²) in [4.78, 5) is 17.1. The lowest BCUT2D eigenvalue weighted by Gasteiger charge is -2.11. The Balaban J connectivity index is 1.43. The van der Waals surface area contributed by atoms with Crippen LogP contribution in [0.1, 0.15) is 28.4 Å². The number of halogens is 1. The van der Waals surface area contributed by atoms with Gasteiger partial charge in [0.1, 0.15) is 0 Å². The third kappa shape index (κ3) is 6.09. The summed E-state index contributed by atoms with van der Waals surface area (Å²) in [6, 6.07) is 20.5. The average Bonchev–Trinajstić information content (AvgIpc) is 3.30. The summed E-state index contributed by atoms with van der Waals surface area (Å²) < 4.78 is 12.3. The van der Waals surface area contributed by atoms with E-state index in [1.807, 2.05) is 61.7 Å². The zero-order valence-corrected chi connectivity index (χ0v) is 21.0. The number of carbonyl (C=O) groups excluding carboxylic acids is 1. The first kappa shape index (κ1) is 23.7. The van der Waals surface area contributed by atoms with Crippen LogP contribution in [-0.4, -0.2) is 23.8 Å². The van der Waals surface area contributed by atoms with Crippen LogP contribution < -0.4 is 14.9 Å². The number of ether oxygens (including phenoxy) is 2. The number of aryl methyl sites for hydroxylation is 1. The molecule has 4 rings (SSSR count). The fourth-order valence-electron chi connectivity index (χ4n) is 3.13. The number of esters is 1. The minimum absolute atomic E-state index is 0.359. The molecule has 0 aliphatic carbocycles. The van der Waals surface area contributed by atoms with Gasteiger partial charge in [-0.05, 0) is 61.9 Å². The summed E-state index contributed by atoms with van der Waals surface area (Å²) in [6.45, 7) is 4.24. The monoisotopic (exact) mass is 535 g/mol. The van der Waals surface area contributed by atoms with Gasteiger partial charge >= 0.3 is 5.97 Å². The Bertz CT molecular complexity index is 1320. The van der Waals surface area contributed by atoms with Crippen LogP contribution in [0.3, 0.4) is 0 Å². The van der Waals surface area contributed by atoms with Gasteiger partial charge in [-0.2, -0.15) is 5.10 Å². The number of rotatable bonds is 8. The zero-order valence-electron chi connectivity index (χ0n) is 18.6. The van der Waals surface area contributed by atoms with E-state index in [1.165, 1.54) is 11.3 Å². The van der Waals surface area contributed by atoms with Crippen LogP contribution >= 0.6 is 27.3 Å². The second-order valence-electron chi connectivity index (χ2n) is 7.31. The van der Waals surface area contributed by atoms with Crippen molar-refractivity contribution in [2.24, 2.45) is 5.10 Å². The van der Waals surface area contributed by atoms with Crippen molar-refractivity contribution in [2.45, 2.75) is 13.8 Å². The summed E-state index contributed by atoms with van der Waals surface area (Å²) in [6.07, 6.45) is 1.66. The smallest absolute Gasteiger partial charge is 0.343 e. The minimum atomic E-state index is -0.432. The van der Waals surface area contributed by atoms with Crippen LogP contribution in [0.4, 0.5) is 5.13 Å². The van der Waals surface area contributed by atoms with Gasteiger partial charge in [0.05, 0.1) is 24.1 Å². The Morgan fingerprint density at radius 3 is 2.71 bits per heavy atom. The number of nitrogens with one attached hydrogen (secondary N) is 1. The molecule has 0 aliphatic rings. The molecule has 34 heavy (non-hydrogen) atoms. The molecule has 0 saturated carbocycles. The quantitative estimate of drug-likeness (QED) is 0.114. The molecule has 1 heterocycles. The van der Waals surface area contributed by atoms with Gasteiger partial charge < -0.3 is 9.47 Å². The van der Waals surface area contributed by atoms with Gasteiger partial charge in [-0.25, -0.2) is 9.78 Å². The Kier molecular flexibility index (Phi) is 7.72. The van der Waals surface area contributed by atoms with Gasteiger partial charge in [0.15, 0.2) is 11.5 Å². The molecular weight excluding hydrogens is 514 g/mol. The highest BCUT2D eigenvalue weighted by Gasteiger charge is 2.13. The topological polar surface area (TPSA) is 72.8 Å². The number of anilines is 1. The predicted octanol–water partition coefficient (Wildman–Crippen LogP) is 6.94. The highest BCUT2D eigenvalue weighted by Crippen LogP contribution is 2.29. The zero-order chi connectivity index (χ0) is 23.9. The van der Waals surface area contributed by atoms with Crippen molar-refractivity contribution in [2.75, 3.05) is 12.0 Å². The molecule has 1 N–H and O–H groups in total. The second kappa shape index (κ2) is 11.1. The first-order chi connectivity index (χ1) is 16.5. The van der Waals surface area contributed by atoms with E-state index in [4.69, 9.17) is 9.47 Å². The Morgan fingerprint density at radius 1 is 1.12 bits per heavy atom. The number of benzene rings is 3. The Morgan fingerprint density at radius 2 is 1.94 bits per heavy atom. The fraction of sp³-hybridized carbons (Fsp3) is 0.115. The number of carbonyl (C=O) groups is 1. The van der Waals surface area contributed by atoms with Crippen molar-refractivity contribution in [1.29, 1.82) is 0 Å². The van der Waals surface area contributed by atoms with E-state index in [0.29, 0.717) is 28.8 Å². The van der Waals surface area contributed by atoms with Crippen LogP contribution in [0.25, 0.3) is 11.3 Å². The van der Waals surface area contributed by atoms with Crippen LogP contribution in [0.15, 0.2) is 81.7 Å². The van der Waals surface area contributed by atoms with E-state index in [-0.39, 0.29) is 0 Å². The first-order valence-electron chi connectivity index (χ1n) is 10.6. The normalized spacial score (nSPS) is 10.9. The lowest BCUT2D eigenvalue weighted by Crippen LogP contribution is -2.10. The van der Waals surface area contributed by atoms with Crippen LogP contribution in [0.5, 0.6) is 11.5 Å². The van der Waals surface area contributed by atoms with E-state index in [9.17, 15) is 4.79 Å². The van der Waals surface area contributed by atoms with Gasteiger partial charge in [-0.1, -0.05) is 45.8 Å². The van der Waals surface area contributed by atoms with Crippen LogP contribution in [0.2, 0.25) is 0 Å². The van der Waals surface area contributed by atoms with Crippen molar-refractivity contribution in [3.8, 4) is 22.8 Å². The SMILES string of the molecule is CCOc1cc(C=NNc2nc(-c3ccc(Br)cc3)cs2)ccc1OC(=O)c1cccc(C)c1. The Labute approximate surface area is 210 Å². The molecule has 172 valence electrons. The third-order valence-corrected chi connectivity index (χ3v) is 6.02. The lowest BCUT2D eigenvalue weighted by molar-refractivity contribution is 0.0728. The van der Waals surface area contributed by atoms with Crippen molar-refractivity contribution < 1.29 is 14.3 Å². The molecule has 0 unspecified atom stereocenters. The maximum Gasteiger partial charge on any atom is 0.343 e. The van der Waals surface area contributed by atoms with Gasteiger partial charge in [0, 0.05) is 15.4 Å². The molecule has 0 fully saturated rings. The fourth-order valence-corrected chi connectivity index (χ4v) is 4.06. The average molecular weight is 536 g/mol. The molecule has 0 atom stereocenters. The lowest BCUT2D eigenvalue weighted by atomic mass is 10.1. The molecule has 3 aromatic carbocycles. The molecule has 4 aromatic rings. The van der Waals surface area contributed by atoms with Crippen molar-refractivity contribution in [3.63, 3.8) is 0 Å². The second-order valence-corrected chi connectivity index (χ2v) is 9.09. The molecule has 0 amide bonds. The number of nitrogens with zero attached hydrogens (tertiary/aromatic N) is 2. The summed E-state index contributed by atoms with van der Waals surface area (Å²) >= 11 is 4.91. The molecule has 1 aromatic heterocycles. The molecule has 8 heteroatoms. The largest absolute Gasteiger partial charge is 0.490 e. The molecule has 0 bridgehead atoms. The number of hydrogen-bond acceptors (Lipinski definition) is 7. The van der Waals surface area contributed by atoms with E-state index in [0.717, 1.165) is 26.9 Å². The molecule has 0 aliphatic heterocycles. The first-order valence-corrected chi connectivity index (χ1v) is 12.3. The Hall–Kier alpha value is -3.49. The van der Waals surface area contributed by atoms with Gasteiger partial charge in [0.2, 0.25) is 5.13 Å². The number of aromatic nitrogens is 1. The van der Waals surface area contributed by atoms with E-state index >= 15 is 0 Å². The maximum absolute atomic E-state index is 12.5. The molecule has 0 saturated heterocycles. The van der Waals surface area contributed by atoms with Crippen LogP contribution in [0, 0.1) is 6.92 Å². The number of thiazole rings is 1. The predicted molar refractivity (Wildman–Crippen MR) is 140 cm³/mol. The van der Waals surface area contributed by atoms with E-state index < -0.39 is 5.97 Å². The summed E-state index contributed by atoms with van der Waals surface area (Å²) in [7, 11) is 0. The summed E-state index contributed by atoms with van der Waals surface area (Å²) in [5, 5.41) is 6.95. The van der Waals surface area contributed by atoms with Gasteiger partial charge in [-0.15, -0.1) is 11.3 Å². The van der Waals surface area contributed by atoms with Gasteiger partial charge in [0.25, 0.3) is 0 Å². The number of hydrogen-bond donors (Lipinski definition) is 1. The standard InChI is InChI=1S/C26H22BrN3O3S/c1-3-32-24-14-18(7-12-23(24)33-25(31)20-6-4-5-17(2)13-20)15-28-30-26-29-22(16-34-26)19-8-10-21(27)11-9-19/h4-16H,3H2,1-2H3,(H,29,30).